The van der Waals surface area contributed by atoms with Gasteiger partial charge < -0.3 is 11.5 Å². The molecule has 0 aromatic heterocycles. The van der Waals surface area contributed by atoms with Crippen LogP contribution in [-0.4, -0.2) is 0 Å². The Bertz CT molecular complexity index is 1140. The molecule has 0 spiro atoms. The number of hydrogen-bond acceptors (Lipinski definition) is 2. The summed E-state index contributed by atoms with van der Waals surface area (Å²) >= 11 is 0. The highest BCUT2D eigenvalue weighted by Crippen LogP contribution is 2.17. The van der Waals surface area contributed by atoms with Crippen LogP contribution in [0.3, 0.4) is 0 Å². The van der Waals surface area contributed by atoms with Gasteiger partial charge in [0, 0.05) is 11.4 Å². The lowest BCUT2D eigenvalue weighted by Crippen LogP contribution is -1.96. The fraction of sp³-hybridized carbons (Fsp3) is 0.273. The van der Waals surface area contributed by atoms with E-state index in [9.17, 15) is 0 Å². The minimum atomic E-state index is 0.874. The maximum absolute atomic E-state index is 5.93. The largest absolute Gasteiger partial charge is 0.399 e. The van der Waals surface area contributed by atoms with Gasteiger partial charge in [-0.3, -0.25) is 0 Å². The zero-order valence-electron chi connectivity index (χ0n) is 21.2. The second-order valence-electron chi connectivity index (χ2n) is 9.87. The Kier molecular flexibility index (Phi) is 8.26. The molecule has 4 aromatic carbocycles. The van der Waals surface area contributed by atoms with E-state index in [0.717, 1.165) is 49.9 Å². The van der Waals surface area contributed by atoms with Crippen LogP contribution in [0.15, 0.2) is 84.9 Å². The summed E-state index contributed by atoms with van der Waals surface area (Å²) in [6, 6.07) is 31.1. The highest BCUT2D eigenvalue weighted by atomic mass is 14.6. The number of aryl methyl sites for hydroxylation is 8. The van der Waals surface area contributed by atoms with Crippen LogP contribution in [0.2, 0.25) is 0 Å². The van der Waals surface area contributed by atoms with E-state index < -0.39 is 0 Å². The standard InChI is InChI=1S/C33H38N2/c1-24-22-30(18-20-32(24)34)16-14-28-10-6-26(7-11-28)4-3-5-27-8-12-29(13-9-27)15-17-31-19-21-33(35)25(2)23-31/h6-13,18-23H,3-5,14-17,34-35H2,1-2H3. The van der Waals surface area contributed by atoms with E-state index >= 15 is 0 Å². The highest BCUT2D eigenvalue weighted by Gasteiger charge is 2.02. The molecule has 0 unspecified atom stereocenters. The summed E-state index contributed by atoms with van der Waals surface area (Å²) in [7, 11) is 0. The highest BCUT2D eigenvalue weighted by molar-refractivity contribution is 5.48. The van der Waals surface area contributed by atoms with Gasteiger partial charge in [0.15, 0.2) is 0 Å². The Morgan fingerprint density at radius 2 is 0.686 bits per heavy atom. The molecule has 0 fully saturated rings. The van der Waals surface area contributed by atoms with Crippen molar-refractivity contribution in [2.24, 2.45) is 0 Å². The maximum Gasteiger partial charge on any atom is 0.0343 e. The first-order valence-corrected chi connectivity index (χ1v) is 12.8. The quantitative estimate of drug-likeness (QED) is 0.245. The first kappa shape index (κ1) is 24.6. The smallest absolute Gasteiger partial charge is 0.0343 e. The molecule has 0 aliphatic carbocycles. The third-order valence-corrected chi connectivity index (χ3v) is 7.05. The summed E-state index contributed by atoms with van der Waals surface area (Å²) in [6.45, 7) is 4.15. The van der Waals surface area contributed by atoms with Crippen molar-refractivity contribution in [3.8, 4) is 0 Å². The number of rotatable bonds is 10. The second-order valence-corrected chi connectivity index (χ2v) is 9.87. The predicted octanol–water partition coefficient (Wildman–Crippen LogP) is 7.21. The van der Waals surface area contributed by atoms with E-state index in [2.05, 4.69) is 86.6 Å². The van der Waals surface area contributed by atoms with E-state index in [-0.39, 0.29) is 0 Å². The minimum absolute atomic E-state index is 0.874. The number of anilines is 2. The zero-order chi connectivity index (χ0) is 24.6. The van der Waals surface area contributed by atoms with Crippen LogP contribution in [0.1, 0.15) is 50.9 Å². The Hall–Kier alpha value is -3.52. The van der Waals surface area contributed by atoms with Gasteiger partial charge in [0.05, 0.1) is 0 Å². The average Bonchev–Trinajstić information content (AvgIpc) is 2.87. The lowest BCUT2D eigenvalue weighted by molar-refractivity contribution is 0.818. The molecule has 2 nitrogen and oxygen atoms in total. The molecule has 0 aliphatic heterocycles. The van der Waals surface area contributed by atoms with Crippen molar-refractivity contribution in [2.75, 3.05) is 11.5 Å². The van der Waals surface area contributed by atoms with E-state index in [0.29, 0.717) is 0 Å². The van der Waals surface area contributed by atoms with Crippen LogP contribution in [0.5, 0.6) is 0 Å². The molecule has 35 heavy (non-hydrogen) atoms. The predicted molar refractivity (Wildman–Crippen MR) is 151 cm³/mol. The van der Waals surface area contributed by atoms with Crippen molar-refractivity contribution in [2.45, 2.75) is 58.8 Å². The van der Waals surface area contributed by atoms with Gasteiger partial charge in [-0.05, 0) is 115 Å². The number of nitrogens with two attached hydrogens (primary N) is 2. The van der Waals surface area contributed by atoms with Crippen molar-refractivity contribution in [1.29, 1.82) is 0 Å². The maximum atomic E-state index is 5.93. The normalized spacial score (nSPS) is 11.0. The van der Waals surface area contributed by atoms with Crippen molar-refractivity contribution < 1.29 is 0 Å². The van der Waals surface area contributed by atoms with E-state index in [1.807, 2.05) is 12.1 Å². The van der Waals surface area contributed by atoms with Crippen LogP contribution in [0.25, 0.3) is 0 Å². The molecule has 0 saturated carbocycles. The SMILES string of the molecule is Cc1cc(CCc2ccc(CCCc3ccc(CCc4ccc(N)c(C)c4)cc3)cc2)ccc1N. The average molecular weight is 463 g/mol. The lowest BCUT2D eigenvalue weighted by Gasteiger charge is -2.08. The van der Waals surface area contributed by atoms with Gasteiger partial charge in [-0.2, -0.15) is 0 Å². The molecule has 180 valence electrons. The van der Waals surface area contributed by atoms with Gasteiger partial charge in [-0.25, -0.2) is 0 Å². The third-order valence-electron chi connectivity index (χ3n) is 7.05. The van der Waals surface area contributed by atoms with Crippen LogP contribution in [0, 0.1) is 13.8 Å². The molecule has 4 aromatic rings. The molecule has 0 atom stereocenters. The molecule has 4 N–H and O–H groups in total. The van der Waals surface area contributed by atoms with Crippen molar-refractivity contribution >= 4 is 11.4 Å². The summed E-state index contributed by atoms with van der Waals surface area (Å²) in [5, 5.41) is 0. The summed E-state index contributed by atoms with van der Waals surface area (Å²) in [5.74, 6) is 0. The van der Waals surface area contributed by atoms with Crippen molar-refractivity contribution in [1.82, 2.24) is 0 Å². The molecule has 0 bridgehead atoms. The summed E-state index contributed by atoms with van der Waals surface area (Å²) in [6.07, 6.45) is 7.65. The Morgan fingerprint density at radius 3 is 1.03 bits per heavy atom. The monoisotopic (exact) mass is 462 g/mol. The fourth-order valence-corrected chi connectivity index (χ4v) is 4.61. The number of hydrogen-bond donors (Lipinski definition) is 2. The number of nitrogen functional groups attached to an aromatic ring is 2. The van der Waals surface area contributed by atoms with Gasteiger partial charge in [-0.15, -0.1) is 0 Å². The van der Waals surface area contributed by atoms with Crippen LogP contribution in [0.4, 0.5) is 11.4 Å². The van der Waals surface area contributed by atoms with Gasteiger partial charge in [-0.1, -0.05) is 72.8 Å². The molecule has 0 radical (unpaired) electrons. The van der Waals surface area contributed by atoms with Crippen molar-refractivity contribution in [3.63, 3.8) is 0 Å². The topological polar surface area (TPSA) is 52.0 Å². The molecular formula is C33H38N2. The third kappa shape index (κ3) is 7.23. The van der Waals surface area contributed by atoms with E-state index in [4.69, 9.17) is 11.5 Å². The molecule has 0 saturated heterocycles. The summed E-state index contributed by atoms with van der Waals surface area (Å²) in [5.41, 5.74) is 24.3. The summed E-state index contributed by atoms with van der Waals surface area (Å²) < 4.78 is 0. The van der Waals surface area contributed by atoms with Gasteiger partial charge in [0.1, 0.15) is 0 Å². The second kappa shape index (κ2) is 11.8. The Labute approximate surface area is 211 Å². The molecular weight excluding hydrogens is 424 g/mol. The van der Waals surface area contributed by atoms with Gasteiger partial charge in [0.25, 0.3) is 0 Å². The minimum Gasteiger partial charge on any atom is -0.399 e. The van der Waals surface area contributed by atoms with E-state index in [1.165, 1.54) is 50.9 Å². The first-order chi connectivity index (χ1) is 17.0. The zero-order valence-corrected chi connectivity index (χ0v) is 21.2. The van der Waals surface area contributed by atoms with E-state index in [1.54, 1.807) is 0 Å². The van der Waals surface area contributed by atoms with Crippen LogP contribution >= 0.6 is 0 Å². The molecule has 2 heteroatoms. The van der Waals surface area contributed by atoms with Crippen molar-refractivity contribution in [3.05, 3.63) is 129 Å². The molecule has 0 amide bonds. The number of benzene rings is 4. The Balaban J connectivity index is 1.19. The molecule has 4 rings (SSSR count). The Morgan fingerprint density at radius 1 is 0.400 bits per heavy atom. The van der Waals surface area contributed by atoms with Crippen LogP contribution in [-0.2, 0) is 38.5 Å². The van der Waals surface area contributed by atoms with Gasteiger partial charge in [0.2, 0.25) is 0 Å². The lowest BCUT2D eigenvalue weighted by atomic mass is 9.98. The van der Waals surface area contributed by atoms with Gasteiger partial charge >= 0.3 is 0 Å². The fourth-order valence-electron chi connectivity index (χ4n) is 4.61. The first-order valence-electron chi connectivity index (χ1n) is 12.8. The molecule has 0 heterocycles. The van der Waals surface area contributed by atoms with Crippen LogP contribution < -0.4 is 11.5 Å². The molecule has 0 aliphatic rings. The summed E-state index contributed by atoms with van der Waals surface area (Å²) in [4.78, 5) is 0.